The zero-order valence-corrected chi connectivity index (χ0v) is 16.5. The molecule has 30 heavy (non-hydrogen) atoms. The second-order valence-electron chi connectivity index (χ2n) is 7.91. The molecule has 2 aliphatic heterocycles. The van der Waals surface area contributed by atoms with Gasteiger partial charge in [-0.25, -0.2) is 9.37 Å². The van der Waals surface area contributed by atoms with E-state index in [9.17, 15) is 14.0 Å². The highest BCUT2D eigenvalue weighted by atomic mass is 19.1. The maximum Gasteiger partial charge on any atom is 0.237 e. The number of aryl methyl sites for hydroxylation is 1. The lowest BCUT2D eigenvalue weighted by Crippen LogP contribution is -2.43. The minimum atomic E-state index is -0.898. The first-order chi connectivity index (χ1) is 14.5. The van der Waals surface area contributed by atoms with Gasteiger partial charge >= 0.3 is 0 Å². The van der Waals surface area contributed by atoms with Gasteiger partial charge in [-0.1, -0.05) is 30.3 Å². The molecule has 7 heteroatoms. The first-order valence-corrected chi connectivity index (χ1v) is 9.95. The van der Waals surface area contributed by atoms with E-state index >= 15 is 0 Å². The fraction of sp³-hybridized carbons (Fsp3) is 0.261. The third kappa shape index (κ3) is 2.65. The molecule has 3 heterocycles. The summed E-state index contributed by atoms with van der Waals surface area (Å²) in [7, 11) is 0. The lowest BCUT2D eigenvalue weighted by molar-refractivity contribution is -0.132. The number of H-pyrrole nitrogens is 1. The van der Waals surface area contributed by atoms with E-state index in [1.54, 1.807) is 23.4 Å². The Labute approximate surface area is 173 Å². The summed E-state index contributed by atoms with van der Waals surface area (Å²) in [4.78, 5) is 35.6. The molecule has 2 aromatic carbocycles. The Morgan fingerprint density at radius 1 is 1.23 bits per heavy atom. The Kier molecular flexibility index (Phi) is 4.20. The topological polar surface area (TPSA) is 78.1 Å². The van der Waals surface area contributed by atoms with E-state index in [0.29, 0.717) is 18.7 Å². The summed E-state index contributed by atoms with van der Waals surface area (Å²) in [6.45, 7) is 2.31. The van der Waals surface area contributed by atoms with Crippen molar-refractivity contribution in [2.24, 2.45) is 0 Å². The van der Waals surface area contributed by atoms with Gasteiger partial charge in [0.05, 0.1) is 24.5 Å². The van der Waals surface area contributed by atoms with Gasteiger partial charge in [0.2, 0.25) is 11.8 Å². The predicted molar refractivity (Wildman–Crippen MR) is 109 cm³/mol. The molecule has 1 spiro atoms. The molecule has 0 unspecified atom stereocenters. The number of carbonyl (C=O) groups excluding carboxylic acids is 2. The quantitative estimate of drug-likeness (QED) is 0.703. The lowest BCUT2D eigenvalue weighted by Gasteiger charge is -2.34. The van der Waals surface area contributed by atoms with Crippen molar-refractivity contribution in [2.75, 3.05) is 11.9 Å². The van der Waals surface area contributed by atoms with Crippen LogP contribution in [0.25, 0.3) is 0 Å². The number of para-hydroxylation sites is 1. The Morgan fingerprint density at radius 3 is 2.73 bits per heavy atom. The van der Waals surface area contributed by atoms with Crippen LogP contribution in [0.3, 0.4) is 0 Å². The van der Waals surface area contributed by atoms with Gasteiger partial charge in [0.15, 0.2) is 0 Å². The maximum atomic E-state index is 13.6. The van der Waals surface area contributed by atoms with Crippen LogP contribution in [0.15, 0.2) is 54.9 Å². The standard InChI is InChI=1S/C23H21FN4O2/c1-14-19(26-13-25-14)12-20(29)28-11-10-23(21(28)15-6-8-16(24)9-7-15)17-4-2-3-5-18(17)27-22(23)30/h2-9,13,21H,10-12H2,1H3,(H,25,26)(H,27,30)/t21-,23+/m0/s1. The number of likely N-dealkylation sites (tertiary alicyclic amines) is 1. The van der Waals surface area contributed by atoms with Crippen molar-refractivity contribution in [3.05, 3.63) is 83.2 Å². The first-order valence-electron chi connectivity index (χ1n) is 9.95. The molecule has 5 rings (SSSR count). The number of fused-ring (bicyclic) bond motifs is 2. The third-order valence-electron chi connectivity index (χ3n) is 6.35. The second kappa shape index (κ2) is 6.79. The molecule has 2 aliphatic rings. The highest BCUT2D eigenvalue weighted by Crippen LogP contribution is 2.54. The van der Waals surface area contributed by atoms with E-state index in [2.05, 4.69) is 15.3 Å². The molecule has 1 saturated heterocycles. The maximum absolute atomic E-state index is 13.6. The Balaban J connectivity index is 1.61. The van der Waals surface area contributed by atoms with Crippen LogP contribution in [0.1, 0.15) is 35.0 Å². The average molecular weight is 404 g/mol. The molecule has 1 fully saturated rings. The number of nitrogens with zero attached hydrogens (tertiary/aromatic N) is 2. The highest BCUT2D eigenvalue weighted by molar-refractivity contribution is 6.07. The molecule has 6 nitrogen and oxygen atoms in total. The number of benzene rings is 2. The zero-order valence-electron chi connectivity index (χ0n) is 16.5. The molecule has 2 atom stereocenters. The van der Waals surface area contributed by atoms with Crippen molar-refractivity contribution < 1.29 is 14.0 Å². The minimum Gasteiger partial charge on any atom is -0.348 e. The van der Waals surface area contributed by atoms with Crippen LogP contribution < -0.4 is 5.32 Å². The van der Waals surface area contributed by atoms with Crippen LogP contribution in [0.5, 0.6) is 0 Å². The fourth-order valence-corrected chi connectivity index (χ4v) is 4.87. The number of carbonyl (C=O) groups is 2. The zero-order chi connectivity index (χ0) is 20.9. The Hall–Kier alpha value is -3.48. The van der Waals surface area contributed by atoms with Crippen molar-refractivity contribution in [1.82, 2.24) is 14.9 Å². The van der Waals surface area contributed by atoms with Crippen molar-refractivity contribution in [2.45, 2.75) is 31.2 Å². The van der Waals surface area contributed by atoms with E-state index in [-0.39, 0.29) is 24.1 Å². The van der Waals surface area contributed by atoms with Gasteiger partial charge in [0, 0.05) is 17.9 Å². The summed E-state index contributed by atoms with van der Waals surface area (Å²) in [5.41, 5.74) is 3.04. The summed E-state index contributed by atoms with van der Waals surface area (Å²) in [5, 5.41) is 2.99. The van der Waals surface area contributed by atoms with Crippen molar-refractivity contribution >= 4 is 17.5 Å². The van der Waals surface area contributed by atoms with Crippen LogP contribution in [0, 0.1) is 12.7 Å². The monoisotopic (exact) mass is 404 g/mol. The first kappa shape index (κ1) is 18.5. The summed E-state index contributed by atoms with van der Waals surface area (Å²) < 4.78 is 13.6. The molecule has 2 amide bonds. The number of halogens is 1. The molecular weight excluding hydrogens is 383 g/mol. The fourth-order valence-electron chi connectivity index (χ4n) is 4.87. The smallest absolute Gasteiger partial charge is 0.237 e. The summed E-state index contributed by atoms with van der Waals surface area (Å²) in [6, 6.07) is 13.2. The third-order valence-corrected chi connectivity index (χ3v) is 6.35. The van der Waals surface area contributed by atoms with E-state index in [1.165, 1.54) is 12.1 Å². The van der Waals surface area contributed by atoms with Crippen molar-refractivity contribution in [3.8, 4) is 0 Å². The molecule has 2 N–H and O–H groups in total. The molecule has 0 radical (unpaired) electrons. The molecule has 1 aromatic heterocycles. The second-order valence-corrected chi connectivity index (χ2v) is 7.91. The number of aromatic amines is 1. The SMILES string of the molecule is Cc1[nH]cnc1CC(=O)N1CC[C@]2(C(=O)Nc3ccccc32)[C@@H]1c1ccc(F)cc1. The van der Waals surface area contributed by atoms with E-state index in [4.69, 9.17) is 0 Å². The highest BCUT2D eigenvalue weighted by Gasteiger charge is 2.59. The van der Waals surface area contributed by atoms with Gasteiger partial charge in [-0.2, -0.15) is 0 Å². The number of imidazole rings is 1. The van der Waals surface area contributed by atoms with Gasteiger partial charge in [-0.05, 0) is 42.7 Å². The minimum absolute atomic E-state index is 0.103. The van der Waals surface area contributed by atoms with Gasteiger partial charge in [-0.3, -0.25) is 9.59 Å². The van der Waals surface area contributed by atoms with Crippen LogP contribution in [0.4, 0.5) is 10.1 Å². The van der Waals surface area contributed by atoms with Crippen LogP contribution in [-0.4, -0.2) is 33.2 Å². The lowest BCUT2D eigenvalue weighted by atomic mass is 9.72. The largest absolute Gasteiger partial charge is 0.348 e. The predicted octanol–water partition coefficient (Wildman–Crippen LogP) is 3.26. The van der Waals surface area contributed by atoms with E-state index in [1.807, 2.05) is 31.2 Å². The van der Waals surface area contributed by atoms with Crippen molar-refractivity contribution in [3.63, 3.8) is 0 Å². The normalized spacial score (nSPS) is 22.4. The Morgan fingerprint density at radius 2 is 2.00 bits per heavy atom. The van der Waals surface area contributed by atoms with Gasteiger partial charge < -0.3 is 15.2 Å². The number of aromatic nitrogens is 2. The van der Waals surface area contributed by atoms with Crippen LogP contribution in [0.2, 0.25) is 0 Å². The Bertz CT molecular complexity index is 1140. The van der Waals surface area contributed by atoms with Gasteiger partial charge in [0.1, 0.15) is 11.2 Å². The number of anilines is 1. The molecule has 0 bridgehead atoms. The summed E-state index contributed by atoms with van der Waals surface area (Å²) >= 11 is 0. The summed E-state index contributed by atoms with van der Waals surface area (Å²) in [5.74, 6) is -0.579. The van der Waals surface area contributed by atoms with Gasteiger partial charge in [-0.15, -0.1) is 0 Å². The molecular formula is C23H21FN4O2. The molecule has 3 aromatic rings. The number of amides is 2. The molecule has 0 aliphatic carbocycles. The van der Waals surface area contributed by atoms with E-state index < -0.39 is 11.5 Å². The van der Waals surface area contributed by atoms with E-state index in [0.717, 1.165) is 22.5 Å². The number of hydrogen-bond acceptors (Lipinski definition) is 3. The number of hydrogen-bond donors (Lipinski definition) is 2. The van der Waals surface area contributed by atoms with Gasteiger partial charge in [0.25, 0.3) is 0 Å². The van der Waals surface area contributed by atoms with Crippen LogP contribution in [-0.2, 0) is 21.4 Å². The number of nitrogens with one attached hydrogen (secondary N) is 2. The number of rotatable bonds is 3. The van der Waals surface area contributed by atoms with Crippen molar-refractivity contribution in [1.29, 1.82) is 0 Å². The molecule has 0 saturated carbocycles. The summed E-state index contributed by atoms with van der Waals surface area (Å²) in [6.07, 6.45) is 2.22. The average Bonchev–Trinajstić information content (AvgIpc) is 3.41. The molecule has 152 valence electrons. The van der Waals surface area contributed by atoms with Crippen LogP contribution >= 0.6 is 0 Å².